The van der Waals surface area contributed by atoms with Crippen molar-refractivity contribution in [3.8, 4) is 23.0 Å². The fraction of sp³-hybridized carbons (Fsp3) is 0.469. The number of pyridine rings is 1. The average molecular weight is 593 g/mol. The lowest BCUT2D eigenvalue weighted by Crippen LogP contribution is -2.44. The van der Waals surface area contributed by atoms with Gasteiger partial charge in [-0.15, -0.1) is 0 Å². The standard InChI is InChI=1S/C32H35F3N6O2/c1-2-22-25(34)7-6-18-11-21(42)12-23(26(18)22)28-27(35)29-24(14-37-28)30(40-9-3-5-20(36)16-40)39-31(38-29)43-17-32-8-4-10-41(32)15-19(33)13-32/h6-7,11-12,14,19-20,42H,2-5,8-10,13,15-17,36H2,1H3/t19-,20-,32?/m1/s1. The predicted octanol–water partition coefficient (Wildman–Crippen LogP) is 5.27. The molecule has 0 saturated carbocycles. The number of rotatable bonds is 6. The minimum atomic E-state index is -0.909. The van der Waals surface area contributed by atoms with Crippen LogP contribution in [0.3, 0.4) is 0 Å². The molecule has 3 atom stereocenters. The third-order valence-corrected chi connectivity index (χ3v) is 9.39. The Morgan fingerprint density at radius 1 is 1.14 bits per heavy atom. The first-order valence-corrected chi connectivity index (χ1v) is 15.1. The molecule has 0 amide bonds. The second-order valence-corrected chi connectivity index (χ2v) is 12.2. The summed E-state index contributed by atoms with van der Waals surface area (Å²) < 4.78 is 52.1. The first kappa shape index (κ1) is 28.1. The lowest BCUT2D eigenvalue weighted by molar-refractivity contribution is 0.107. The summed E-state index contributed by atoms with van der Waals surface area (Å²) >= 11 is 0. The summed E-state index contributed by atoms with van der Waals surface area (Å²) in [4.78, 5) is 17.9. The van der Waals surface area contributed by atoms with Crippen molar-refractivity contribution < 1.29 is 23.0 Å². The van der Waals surface area contributed by atoms with E-state index in [-0.39, 0.29) is 41.2 Å². The second-order valence-electron chi connectivity index (χ2n) is 12.2. The van der Waals surface area contributed by atoms with Gasteiger partial charge in [0.25, 0.3) is 0 Å². The van der Waals surface area contributed by atoms with Crippen molar-refractivity contribution in [2.75, 3.05) is 37.7 Å². The van der Waals surface area contributed by atoms with Gasteiger partial charge in [-0.25, -0.2) is 13.2 Å². The summed E-state index contributed by atoms with van der Waals surface area (Å²) in [6, 6.07) is 5.78. The molecule has 3 saturated heterocycles. The Bertz CT molecular complexity index is 1720. The number of aromatic nitrogens is 3. The molecule has 3 N–H and O–H groups in total. The zero-order valence-electron chi connectivity index (χ0n) is 24.1. The SMILES string of the molecule is CCc1c(F)ccc2cc(O)cc(-c3ncc4c(N5CCC[C@@H](N)C5)nc(OCC56CCCN5C[C@H](F)C6)nc4c3F)c12. The minimum Gasteiger partial charge on any atom is -0.508 e. The molecule has 226 valence electrons. The quantitative estimate of drug-likeness (QED) is 0.312. The number of nitrogens with zero attached hydrogens (tertiary/aromatic N) is 5. The normalized spacial score (nSPS) is 24.3. The van der Waals surface area contributed by atoms with Crippen LogP contribution in [0.1, 0.15) is 44.6 Å². The molecule has 0 spiro atoms. The van der Waals surface area contributed by atoms with Gasteiger partial charge in [-0.2, -0.15) is 9.97 Å². The number of anilines is 1. The Labute approximate surface area is 247 Å². The summed E-state index contributed by atoms with van der Waals surface area (Å²) in [5.74, 6) is -0.747. The number of phenols is 1. The van der Waals surface area contributed by atoms with E-state index in [1.54, 1.807) is 6.07 Å². The molecule has 43 heavy (non-hydrogen) atoms. The first-order chi connectivity index (χ1) is 20.8. The van der Waals surface area contributed by atoms with Gasteiger partial charge in [0.1, 0.15) is 41.4 Å². The number of aryl methyl sites for hydroxylation is 1. The molecule has 1 unspecified atom stereocenters. The van der Waals surface area contributed by atoms with Crippen LogP contribution < -0.4 is 15.4 Å². The second kappa shape index (κ2) is 10.8. The molecule has 3 aliphatic heterocycles. The van der Waals surface area contributed by atoms with Gasteiger partial charge in [0.2, 0.25) is 0 Å². The van der Waals surface area contributed by atoms with E-state index in [0.717, 1.165) is 32.2 Å². The van der Waals surface area contributed by atoms with E-state index in [1.165, 1.54) is 24.4 Å². The van der Waals surface area contributed by atoms with Gasteiger partial charge in [-0.05, 0) is 73.2 Å². The number of hydrogen-bond acceptors (Lipinski definition) is 8. The van der Waals surface area contributed by atoms with Gasteiger partial charge in [-0.1, -0.05) is 13.0 Å². The summed E-state index contributed by atoms with van der Waals surface area (Å²) in [6.45, 7) is 4.45. The Morgan fingerprint density at radius 2 is 2.00 bits per heavy atom. The van der Waals surface area contributed by atoms with Crippen molar-refractivity contribution >= 4 is 27.5 Å². The highest BCUT2D eigenvalue weighted by Gasteiger charge is 2.49. The number of aromatic hydroxyl groups is 1. The lowest BCUT2D eigenvalue weighted by Gasteiger charge is -2.33. The van der Waals surface area contributed by atoms with Crippen molar-refractivity contribution in [3.05, 3.63) is 47.7 Å². The molecular weight excluding hydrogens is 557 g/mol. The number of alkyl halides is 1. The van der Waals surface area contributed by atoms with E-state index in [4.69, 9.17) is 15.5 Å². The number of phenolic OH excluding ortho intramolecular Hbond substituents is 1. The van der Waals surface area contributed by atoms with Crippen LogP contribution in [0, 0.1) is 11.6 Å². The third-order valence-electron chi connectivity index (χ3n) is 9.39. The van der Waals surface area contributed by atoms with Crippen LogP contribution >= 0.6 is 0 Å². The molecule has 3 aliphatic rings. The largest absolute Gasteiger partial charge is 0.508 e. The average Bonchev–Trinajstić information content (AvgIpc) is 3.51. The molecule has 2 aromatic heterocycles. The summed E-state index contributed by atoms with van der Waals surface area (Å²) in [5, 5.41) is 12.0. The number of nitrogens with two attached hydrogens (primary N) is 1. The van der Waals surface area contributed by atoms with Crippen molar-refractivity contribution in [1.29, 1.82) is 0 Å². The van der Waals surface area contributed by atoms with Crippen LogP contribution in [0.15, 0.2) is 30.5 Å². The zero-order valence-corrected chi connectivity index (χ0v) is 24.1. The number of halogens is 3. The first-order valence-electron chi connectivity index (χ1n) is 15.1. The van der Waals surface area contributed by atoms with Gasteiger partial charge in [0.15, 0.2) is 5.82 Å². The Hall–Kier alpha value is -3.70. The van der Waals surface area contributed by atoms with Gasteiger partial charge < -0.3 is 20.5 Å². The van der Waals surface area contributed by atoms with Crippen LogP contribution in [0.2, 0.25) is 0 Å². The molecule has 4 aromatic rings. The molecule has 5 heterocycles. The predicted molar refractivity (Wildman–Crippen MR) is 159 cm³/mol. The van der Waals surface area contributed by atoms with Gasteiger partial charge >= 0.3 is 6.01 Å². The molecular formula is C32H35F3N6O2. The minimum absolute atomic E-state index is 0.00212. The van der Waals surface area contributed by atoms with E-state index in [2.05, 4.69) is 14.9 Å². The molecule has 0 bridgehead atoms. The van der Waals surface area contributed by atoms with E-state index >= 15 is 4.39 Å². The maximum absolute atomic E-state index is 16.7. The fourth-order valence-electron chi connectivity index (χ4n) is 7.40. The fourth-order valence-corrected chi connectivity index (χ4v) is 7.40. The number of hydrogen-bond donors (Lipinski definition) is 2. The molecule has 8 nitrogen and oxygen atoms in total. The van der Waals surface area contributed by atoms with E-state index < -0.39 is 23.3 Å². The maximum atomic E-state index is 16.7. The van der Waals surface area contributed by atoms with Gasteiger partial charge in [-0.3, -0.25) is 9.88 Å². The Morgan fingerprint density at radius 3 is 2.81 bits per heavy atom. The van der Waals surface area contributed by atoms with E-state index in [1.807, 2.05) is 11.8 Å². The van der Waals surface area contributed by atoms with E-state index in [0.29, 0.717) is 60.0 Å². The monoisotopic (exact) mass is 592 g/mol. The number of fused-ring (bicyclic) bond motifs is 3. The van der Waals surface area contributed by atoms with Crippen LogP contribution in [-0.4, -0.2) is 75.5 Å². The number of piperidine rings is 1. The molecule has 0 radical (unpaired) electrons. The van der Waals surface area contributed by atoms with Crippen molar-refractivity contribution in [3.63, 3.8) is 0 Å². The van der Waals surface area contributed by atoms with Crippen molar-refractivity contribution in [2.24, 2.45) is 5.73 Å². The number of benzene rings is 2. The van der Waals surface area contributed by atoms with Crippen molar-refractivity contribution in [2.45, 2.75) is 63.2 Å². The maximum Gasteiger partial charge on any atom is 0.319 e. The lowest BCUT2D eigenvalue weighted by atomic mass is 9.94. The number of ether oxygens (including phenoxy) is 1. The highest BCUT2D eigenvalue weighted by molar-refractivity contribution is 6.01. The summed E-state index contributed by atoms with van der Waals surface area (Å²) in [6.07, 6.45) is 4.89. The van der Waals surface area contributed by atoms with Crippen molar-refractivity contribution in [1.82, 2.24) is 19.9 Å². The summed E-state index contributed by atoms with van der Waals surface area (Å²) in [5.41, 5.74) is 6.50. The van der Waals surface area contributed by atoms with Crippen LogP contribution in [0.25, 0.3) is 32.9 Å². The van der Waals surface area contributed by atoms with E-state index in [9.17, 15) is 13.9 Å². The van der Waals surface area contributed by atoms with Gasteiger partial charge in [0, 0.05) is 43.9 Å². The molecule has 7 rings (SSSR count). The van der Waals surface area contributed by atoms with Gasteiger partial charge in [0.05, 0.1) is 10.9 Å². The van der Waals surface area contributed by atoms with Crippen LogP contribution in [0.5, 0.6) is 11.8 Å². The summed E-state index contributed by atoms with van der Waals surface area (Å²) in [7, 11) is 0. The van der Waals surface area contributed by atoms with Crippen LogP contribution in [-0.2, 0) is 6.42 Å². The zero-order chi connectivity index (χ0) is 29.9. The Kier molecular flexibility index (Phi) is 7.04. The van der Waals surface area contributed by atoms with Crippen LogP contribution in [0.4, 0.5) is 19.0 Å². The molecule has 0 aliphatic carbocycles. The topological polar surface area (TPSA) is 101 Å². The highest BCUT2D eigenvalue weighted by atomic mass is 19.1. The highest BCUT2D eigenvalue weighted by Crippen LogP contribution is 2.42. The Balaban J connectivity index is 1.37. The molecule has 2 aromatic carbocycles. The molecule has 3 fully saturated rings. The third kappa shape index (κ3) is 4.82. The molecule has 11 heteroatoms. The smallest absolute Gasteiger partial charge is 0.319 e.